The number of hydrogen-bond acceptors (Lipinski definition) is 4. The van der Waals surface area contributed by atoms with Gasteiger partial charge >= 0.3 is 12.0 Å². The summed E-state index contributed by atoms with van der Waals surface area (Å²) in [4.78, 5) is 24.7. The second kappa shape index (κ2) is 8.77. The molecule has 0 aromatic rings. The lowest BCUT2D eigenvalue weighted by Gasteiger charge is -2.15. The number of nitrogens with one attached hydrogen (secondary N) is 1. The van der Waals surface area contributed by atoms with Gasteiger partial charge in [-0.1, -0.05) is 0 Å². The molecule has 17 heavy (non-hydrogen) atoms. The minimum Gasteiger partial charge on any atom is -0.480 e. The lowest BCUT2D eigenvalue weighted by Crippen LogP contribution is -2.41. The van der Waals surface area contributed by atoms with Crippen LogP contribution in [0.2, 0.25) is 0 Å². The van der Waals surface area contributed by atoms with Crippen molar-refractivity contribution in [2.24, 2.45) is 0 Å². The quantitative estimate of drug-likeness (QED) is 0.554. The molecule has 0 aliphatic carbocycles. The molecule has 0 saturated carbocycles. The molecule has 0 aromatic heterocycles. The van der Waals surface area contributed by atoms with Gasteiger partial charge < -0.3 is 25.0 Å². The number of aliphatic carboxylic acids is 1. The highest BCUT2D eigenvalue weighted by Gasteiger charge is 2.10. The van der Waals surface area contributed by atoms with Crippen molar-refractivity contribution >= 4 is 12.0 Å². The van der Waals surface area contributed by atoms with Crippen molar-refractivity contribution in [2.75, 3.05) is 54.0 Å². The topological polar surface area (TPSA) is 82.1 Å². The first-order valence-electron chi connectivity index (χ1n) is 5.36. The number of urea groups is 1. The molecule has 0 aromatic carbocycles. The third-order valence-electron chi connectivity index (χ3n) is 1.92. The van der Waals surface area contributed by atoms with Crippen LogP contribution in [0.4, 0.5) is 4.79 Å². The third-order valence-corrected chi connectivity index (χ3v) is 1.92. The van der Waals surface area contributed by atoms with Crippen LogP contribution in [0.25, 0.3) is 0 Å². The number of amides is 2. The number of carbonyl (C=O) groups is 2. The van der Waals surface area contributed by atoms with Crippen molar-refractivity contribution in [3.8, 4) is 0 Å². The molecule has 2 amide bonds. The maximum Gasteiger partial charge on any atom is 0.323 e. The van der Waals surface area contributed by atoms with E-state index in [1.54, 1.807) is 0 Å². The summed E-state index contributed by atoms with van der Waals surface area (Å²) in [6, 6.07) is -0.413. The summed E-state index contributed by atoms with van der Waals surface area (Å²) in [6.45, 7) is 1.91. The highest BCUT2D eigenvalue weighted by atomic mass is 16.5. The molecule has 2 N–H and O–H groups in total. The Balaban J connectivity index is 3.48. The second-order valence-electron chi connectivity index (χ2n) is 3.90. The molecule has 0 heterocycles. The third kappa shape index (κ3) is 9.58. The Hall–Kier alpha value is -1.34. The van der Waals surface area contributed by atoms with Crippen LogP contribution in [-0.2, 0) is 9.53 Å². The number of hydrogen-bond donors (Lipinski definition) is 2. The molecule has 7 nitrogen and oxygen atoms in total. The molecule has 0 aliphatic heterocycles. The van der Waals surface area contributed by atoms with Gasteiger partial charge in [-0.3, -0.25) is 4.79 Å². The van der Waals surface area contributed by atoms with E-state index in [0.29, 0.717) is 19.8 Å². The van der Waals surface area contributed by atoms with E-state index in [-0.39, 0.29) is 6.54 Å². The zero-order valence-corrected chi connectivity index (χ0v) is 10.6. The first-order chi connectivity index (χ1) is 7.93. The zero-order valence-electron chi connectivity index (χ0n) is 10.6. The van der Waals surface area contributed by atoms with Crippen molar-refractivity contribution in [1.82, 2.24) is 15.1 Å². The van der Waals surface area contributed by atoms with Gasteiger partial charge in [0.15, 0.2) is 0 Å². The molecule has 7 heteroatoms. The average Bonchev–Trinajstić information content (AvgIpc) is 2.21. The van der Waals surface area contributed by atoms with Gasteiger partial charge in [-0.05, 0) is 14.1 Å². The van der Waals surface area contributed by atoms with E-state index < -0.39 is 12.0 Å². The number of nitrogens with zero attached hydrogens (tertiary/aromatic N) is 2. The largest absolute Gasteiger partial charge is 0.480 e. The summed E-state index contributed by atoms with van der Waals surface area (Å²) in [5.41, 5.74) is 0. The fourth-order valence-corrected chi connectivity index (χ4v) is 0.989. The van der Waals surface area contributed by atoms with E-state index in [2.05, 4.69) is 5.32 Å². The minimum absolute atomic E-state index is 0.312. The van der Waals surface area contributed by atoms with E-state index in [0.717, 1.165) is 11.4 Å². The summed E-state index contributed by atoms with van der Waals surface area (Å²) in [5.74, 6) is -1.04. The standard InChI is InChI=1S/C10H21N3O4/c1-12(2)5-7-17-6-4-11-10(16)13(3)8-9(14)15/h4-8H2,1-3H3,(H,11,16)(H,14,15). The Kier molecular flexibility index (Phi) is 8.08. The van der Waals surface area contributed by atoms with E-state index >= 15 is 0 Å². The van der Waals surface area contributed by atoms with Crippen LogP contribution in [0.15, 0.2) is 0 Å². The van der Waals surface area contributed by atoms with Gasteiger partial charge in [0.05, 0.1) is 13.2 Å². The molecule has 0 spiro atoms. The zero-order chi connectivity index (χ0) is 13.3. The minimum atomic E-state index is -1.04. The SMILES string of the molecule is CN(C)CCOCCNC(=O)N(C)CC(=O)O. The van der Waals surface area contributed by atoms with Crippen LogP contribution in [0.1, 0.15) is 0 Å². The molecule has 0 fully saturated rings. The molecule has 0 saturated heterocycles. The molecular formula is C10H21N3O4. The predicted octanol–water partition coefficient (Wildman–Crippen LogP) is -0.709. The summed E-state index contributed by atoms with van der Waals surface area (Å²) >= 11 is 0. The van der Waals surface area contributed by atoms with Gasteiger partial charge in [-0.15, -0.1) is 0 Å². The molecule has 0 aliphatic rings. The number of carboxylic acid groups (broad SMARTS) is 1. The van der Waals surface area contributed by atoms with Gasteiger partial charge in [0.25, 0.3) is 0 Å². The fraction of sp³-hybridized carbons (Fsp3) is 0.800. The Labute approximate surface area is 101 Å². The van der Waals surface area contributed by atoms with Crippen LogP contribution in [0.5, 0.6) is 0 Å². The van der Waals surface area contributed by atoms with Crippen molar-refractivity contribution in [1.29, 1.82) is 0 Å². The first kappa shape index (κ1) is 15.7. The number of rotatable bonds is 8. The highest BCUT2D eigenvalue weighted by Crippen LogP contribution is 1.84. The van der Waals surface area contributed by atoms with Gasteiger partial charge in [-0.25, -0.2) is 4.79 Å². The van der Waals surface area contributed by atoms with Gasteiger partial charge in [0, 0.05) is 20.1 Å². The first-order valence-corrected chi connectivity index (χ1v) is 5.36. The summed E-state index contributed by atoms with van der Waals surface area (Å²) < 4.78 is 5.26. The van der Waals surface area contributed by atoms with E-state index in [9.17, 15) is 9.59 Å². The molecule has 0 bridgehead atoms. The molecule has 0 unspecified atom stereocenters. The Morgan fingerprint density at radius 1 is 1.24 bits per heavy atom. The van der Waals surface area contributed by atoms with E-state index in [1.807, 2.05) is 19.0 Å². The average molecular weight is 247 g/mol. The molecule has 0 radical (unpaired) electrons. The Morgan fingerprint density at radius 3 is 2.41 bits per heavy atom. The van der Waals surface area contributed by atoms with E-state index in [4.69, 9.17) is 9.84 Å². The van der Waals surface area contributed by atoms with Crippen LogP contribution in [0, 0.1) is 0 Å². The highest BCUT2D eigenvalue weighted by molar-refractivity contribution is 5.79. The summed E-state index contributed by atoms with van der Waals surface area (Å²) in [7, 11) is 5.33. The lowest BCUT2D eigenvalue weighted by molar-refractivity contribution is -0.137. The predicted molar refractivity (Wildman–Crippen MR) is 63.0 cm³/mol. The molecule has 100 valence electrons. The molecular weight excluding hydrogens is 226 g/mol. The van der Waals surface area contributed by atoms with Crippen molar-refractivity contribution in [3.63, 3.8) is 0 Å². The van der Waals surface area contributed by atoms with Crippen LogP contribution in [0.3, 0.4) is 0 Å². The van der Waals surface area contributed by atoms with Crippen LogP contribution < -0.4 is 5.32 Å². The monoisotopic (exact) mass is 247 g/mol. The smallest absolute Gasteiger partial charge is 0.323 e. The maximum absolute atomic E-state index is 11.3. The normalized spacial score (nSPS) is 10.4. The van der Waals surface area contributed by atoms with Crippen LogP contribution >= 0.6 is 0 Å². The number of ether oxygens (including phenoxy) is 1. The van der Waals surface area contributed by atoms with Gasteiger partial charge in [-0.2, -0.15) is 0 Å². The van der Waals surface area contributed by atoms with E-state index in [1.165, 1.54) is 7.05 Å². The maximum atomic E-state index is 11.3. The van der Waals surface area contributed by atoms with Gasteiger partial charge in [0.1, 0.15) is 6.54 Å². The lowest BCUT2D eigenvalue weighted by atomic mass is 10.5. The van der Waals surface area contributed by atoms with Crippen molar-refractivity contribution in [3.05, 3.63) is 0 Å². The second-order valence-corrected chi connectivity index (χ2v) is 3.90. The summed E-state index contributed by atoms with van der Waals surface area (Å²) in [5, 5.41) is 11.0. The number of carbonyl (C=O) groups excluding carboxylic acids is 1. The van der Waals surface area contributed by atoms with Crippen molar-refractivity contribution in [2.45, 2.75) is 0 Å². The summed E-state index contributed by atoms with van der Waals surface area (Å²) in [6.07, 6.45) is 0. The molecule has 0 rings (SSSR count). The Morgan fingerprint density at radius 2 is 1.88 bits per heavy atom. The number of carboxylic acids is 1. The number of likely N-dealkylation sites (N-methyl/N-ethyl adjacent to an activating group) is 2. The fourth-order valence-electron chi connectivity index (χ4n) is 0.989. The van der Waals surface area contributed by atoms with Gasteiger partial charge in [0.2, 0.25) is 0 Å². The van der Waals surface area contributed by atoms with Crippen LogP contribution in [-0.4, -0.2) is 80.9 Å². The Bertz CT molecular complexity index is 246. The van der Waals surface area contributed by atoms with Crippen molar-refractivity contribution < 1.29 is 19.4 Å². The molecule has 0 atom stereocenters.